The number of hydrogen-bond acceptors (Lipinski definition) is 0. The fourth-order valence-corrected chi connectivity index (χ4v) is 4.38. The summed E-state index contributed by atoms with van der Waals surface area (Å²) in [7, 11) is 0. The summed E-state index contributed by atoms with van der Waals surface area (Å²) in [4.78, 5) is 0. The molecule has 166 valence electrons. The molecule has 2 atom stereocenters. The van der Waals surface area contributed by atoms with Crippen molar-refractivity contribution >= 4 is 0 Å². The van der Waals surface area contributed by atoms with Gasteiger partial charge in [0, 0.05) is 0 Å². The van der Waals surface area contributed by atoms with Gasteiger partial charge in [0.15, 0.2) is 0 Å². The molecule has 0 saturated heterocycles. The molecule has 0 aliphatic rings. The number of rotatable bonds is 7. The van der Waals surface area contributed by atoms with Crippen LogP contribution in [-0.2, 0) is 0 Å². The highest BCUT2D eigenvalue weighted by Crippen LogP contribution is 2.39. The number of hydrogen-bond donors (Lipinski definition) is 0. The van der Waals surface area contributed by atoms with E-state index in [1.807, 2.05) is 0 Å². The quantitative estimate of drug-likeness (QED) is 0.411. The van der Waals surface area contributed by atoms with Crippen LogP contribution in [0.4, 0.5) is 0 Å². The average molecular weight is 383 g/mol. The van der Waals surface area contributed by atoms with Gasteiger partial charge in [-0.1, -0.05) is 104 Å². The topological polar surface area (TPSA) is 0 Å². The van der Waals surface area contributed by atoms with Crippen LogP contribution >= 0.6 is 0 Å². The van der Waals surface area contributed by atoms with E-state index in [9.17, 15) is 0 Å². The molecule has 0 heterocycles. The van der Waals surface area contributed by atoms with Gasteiger partial charge in [0.2, 0.25) is 0 Å². The Hall–Kier alpha value is 0. The van der Waals surface area contributed by atoms with Gasteiger partial charge in [0.25, 0.3) is 0 Å². The molecule has 0 saturated carbocycles. The van der Waals surface area contributed by atoms with Crippen molar-refractivity contribution in [2.45, 2.75) is 136 Å². The monoisotopic (exact) mass is 382 g/mol. The Kier molecular flexibility index (Phi) is 12.2. The Morgan fingerprint density at radius 3 is 1.26 bits per heavy atom. The Balaban J connectivity index is 0. The van der Waals surface area contributed by atoms with Gasteiger partial charge in [-0.15, -0.1) is 0 Å². The summed E-state index contributed by atoms with van der Waals surface area (Å²) in [5.74, 6) is 2.58. The van der Waals surface area contributed by atoms with Crippen molar-refractivity contribution in [1.29, 1.82) is 0 Å². The van der Waals surface area contributed by atoms with E-state index >= 15 is 0 Å². The summed E-state index contributed by atoms with van der Waals surface area (Å²) in [6, 6.07) is 0. The third kappa shape index (κ3) is 22.2. The minimum absolute atomic E-state index is 0.460. The van der Waals surface area contributed by atoms with Crippen LogP contribution in [0, 0.1) is 39.4 Å². The van der Waals surface area contributed by atoms with E-state index in [1.54, 1.807) is 0 Å². The second-order valence-electron chi connectivity index (χ2n) is 14.3. The lowest BCUT2D eigenvalue weighted by Crippen LogP contribution is -2.22. The zero-order valence-electron chi connectivity index (χ0n) is 22.3. The molecule has 0 spiro atoms. The standard InChI is InChI=1S/C14H30.C13H28/c1-12(2,3)9-10-14(7,8)11-13(4,5)6;1-10(2)8-11(3)12(4)9-13(5,6)7/h9-11H2,1-8H3;10-12H,8-9H2,1-7H3. The fourth-order valence-electron chi connectivity index (χ4n) is 4.38. The van der Waals surface area contributed by atoms with Gasteiger partial charge in [-0.05, 0) is 71.5 Å². The smallest absolute Gasteiger partial charge is 0.0349 e. The van der Waals surface area contributed by atoms with Crippen LogP contribution in [0.1, 0.15) is 136 Å². The molecular weight excluding hydrogens is 324 g/mol. The first-order valence-electron chi connectivity index (χ1n) is 11.6. The van der Waals surface area contributed by atoms with Crippen molar-refractivity contribution in [3.63, 3.8) is 0 Å². The van der Waals surface area contributed by atoms with E-state index in [1.165, 1.54) is 32.1 Å². The summed E-state index contributed by atoms with van der Waals surface area (Å²) in [5.41, 5.74) is 1.92. The summed E-state index contributed by atoms with van der Waals surface area (Å²) in [6.45, 7) is 35.3. The van der Waals surface area contributed by atoms with E-state index in [0.29, 0.717) is 21.7 Å². The molecule has 0 aromatic heterocycles. The lowest BCUT2D eigenvalue weighted by atomic mass is 9.71. The normalized spacial score (nSPS) is 16.0. The summed E-state index contributed by atoms with van der Waals surface area (Å²) >= 11 is 0. The molecule has 0 aliphatic carbocycles. The molecule has 0 aromatic rings. The fraction of sp³-hybridized carbons (Fsp3) is 1.00. The lowest BCUT2D eigenvalue weighted by Gasteiger charge is -2.34. The zero-order valence-corrected chi connectivity index (χ0v) is 22.3. The van der Waals surface area contributed by atoms with Crippen molar-refractivity contribution in [1.82, 2.24) is 0 Å². The van der Waals surface area contributed by atoms with Crippen LogP contribution < -0.4 is 0 Å². The van der Waals surface area contributed by atoms with Crippen LogP contribution in [0.25, 0.3) is 0 Å². The maximum atomic E-state index is 2.41. The molecule has 0 aromatic carbocycles. The summed E-state index contributed by atoms with van der Waals surface area (Å²) in [5, 5.41) is 0. The molecule has 0 fully saturated rings. The van der Waals surface area contributed by atoms with Gasteiger partial charge in [-0.3, -0.25) is 0 Å². The lowest BCUT2D eigenvalue weighted by molar-refractivity contribution is 0.173. The van der Waals surface area contributed by atoms with Crippen LogP contribution in [0.3, 0.4) is 0 Å². The average Bonchev–Trinajstić information content (AvgIpc) is 2.30. The van der Waals surface area contributed by atoms with Crippen molar-refractivity contribution in [3.8, 4) is 0 Å². The predicted octanol–water partition coefficient (Wildman–Crippen LogP) is 10.0. The molecule has 0 nitrogen and oxygen atoms in total. The molecular formula is C27H58. The van der Waals surface area contributed by atoms with Crippen LogP contribution in [0.15, 0.2) is 0 Å². The Morgan fingerprint density at radius 2 is 0.963 bits per heavy atom. The van der Waals surface area contributed by atoms with Crippen LogP contribution in [-0.4, -0.2) is 0 Å². The highest BCUT2D eigenvalue weighted by molar-refractivity contribution is 4.78. The van der Waals surface area contributed by atoms with E-state index in [-0.39, 0.29) is 0 Å². The third-order valence-corrected chi connectivity index (χ3v) is 5.31. The minimum Gasteiger partial charge on any atom is -0.0628 e. The highest BCUT2D eigenvalue weighted by atomic mass is 14.3. The zero-order chi connectivity index (χ0) is 22.3. The van der Waals surface area contributed by atoms with Crippen molar-refractivity contribution in [2.24, 2.45) is 39.4 Å². The Bertz CT molecular complexity index is 364. The molecule has 0 amide bonds. The second kappa shape index (κ2) is 11.3. The van der Waals surface area contributed by atoms with Gasteiger partial charge in [0.1, 0.15) is 0 Å². The van der Waals surface area contributed by atoms with Crippen molar-refractivity contribution < 1.29 is 0 Å². The molecule has 0 rings (SSSR count). The summed E-state index contributed by atoms with van der Waals surface area (Å²) < 4.78 is 0. The van der Waals surface area contributed by atoms with E-state index in [4.69, 9.17) is 0 Å². The minimum atomic E-state index is 0.460. The van der Waals surface area contributed by atoms with Crippen LogP contribution in [0.5, 0.6) is 0 Å². The van der Waals surface area contributed by atoms with Gasteiger partial charge < -0.3 is 0 Å². The first kappa shape index (κ1) is 29.2. The SMILES string of the molecule is CC(C)(C)CCC(C)(C)CC(C)(C)C.CC(C)CC(C)C(C)CC(C)(C)C. The van der Waals surface area contributed by atoms with E-state index in [2.05, 4.69) is 104 Å². The summed E-state index contributed by atoms with van der Waals surface area (Å²) in [6.07, 6.45) is 6.71. The molecule has 0 heteroatoms. The van der Waals surface area contributed by atoms with Crippen LogP contribution in [0.2, 0.25) is 0 Å². The Labute approximate surface area is 175 Å². The molecule has 2 unspecified atom stereocenters. The van der Waals surface area contributed by atoms with E-state index < -0.39 is 0 Å². The largest absolute Gasteiger partial charge is 0.0628 e. The first-order chi connectivity index (χ1) is 11.6. The molecule has 27 heavy (non-hydrogen) atoms. The highest BCUT2D eigenvalue weighted by Gasteiger charge is 2.26. The van der Waals surface area contributed by atoms with E-state index in [0.717, 1.165) is 17.8 Å². The molecule has 0 aliphatic heterocycles. The second-order valence-corrected chi connectivity index (χ2v) is 14.3. The maximum absolute atomic E-state index is 2.41. The van der Waals surface area contributed by atoms with Gasteiger partial charge in [-0.25, -0.2) is 0 Å². The predicted molar refractivity (Wildman–Crippen MR) is 128 cm³/mol. The van der Waals surface area contributed by atoms with Crippen molar-refractivity contribution in [3.05, 3.63) is 0 Å². The molecule has 0 radical (unpaired) electrons. The molecule has 0 N–H and O–H groups in total. The maximum Gasteiger partial charge on any atom is -0.0349 e. The molecule has 0 bridgehead atoms. The first-order valence-corrected chi connectivity index (χ1v) is 11.6. The van der Waals surface area contributed by atoms with Gasteiger partial charge in [0.05, 0.1) is 0 Å². The van der Waals surface area contributed by atoms with Gasteiger partial charge in [-0.2, -0.15) is 0 Å². The van der Waals surface area contributed by atoms with Crippen molar-refractivity contribution in [2.75, 3.05) is 0 Å². The third-order valence-electron chi connectivity index (χ3n) is 5.31. The Morgan fingerprint density at radius 1 is 0.519 bits per heavy atom. The van der Waals surface area contributed by atoms with Gasteiger partial charge >= 0.3 is 0 Å².